The van der Waals surface area contributed by atoms with Crippen LogP contribution in [0, 0.1) is 32.5 Å². The zero-order valence-electron chi connectivity index (χ0n) is 79.5. The Bertz CT molecular complexity index is 4420. The molecule has 1 aromatic heterocycles. The second-order valence-electron chi connectivity index (χ2n) is 38.8. The summed E-state index contributed by atoms with van der Waals surface area (Å²) in [7, 11) is 1.35. The predicted octanol–water partition coefficient (Wildman–Crippen LogP) is 23.2. The highest BCUT2D eigenvalue weighted by Crippen LogP contribution is 2.52. The van der Waals surface area contributed by atoms with Crippen molar-refractivity contribution in [3.63, 3.8) is 0 Å². The summed E-state index contributed by atoms with van der Waals surface area (Å²) in [5, 5.41) is 48.1. The van der Waals surface area contributed by atoms with Crippen LogP contribution in [0.2, 0.25) is 0 Å². The fourth-order valence-corrected chi connectivity index (χ4v) is 17.1. The number of benzene rings is 6. The van der Waals surface area contributed by atoms with Gasteiger partial charge >= 0.3 is 42.0 Å². The van der Waals surface area contributed by atoms with Gasteiger partial charge < -0.3 is 54.0 Å². The number of carbonyl (C=O) groups excluding carboxylic acids is 6. The fourth-order valence-electron chi connectivity index (χ4n) is 17.1. The van der Waals surface area contributed by atoms with Gasteiger partial charge in [0.2, 0.25) is 0 Å². The number of methoxy groups -OCH3 is 1. The number of aliphatic hydroxyl groups is 4. The van der Waals surface area contributed by atoms with Crippen molar-refractivity contribution in [1.29, 1.82) is 0 Å². The number of ether oxygens (including phenoxy) is 6. The van der Waals surface area contributed by atoms with Gasteiger partial charge in [-0.05, 0) is 289 Å². The molecule has 6 aromatic carbocycles. The number of aromatic hydroxyl groups is 1. The molecule has 7 atom stereocenters. The highest BCUT2D eigenvalue weighted by atomic mass is 19.4. The van der Waals surface area contributed by atoms with Gasteiger partial charge in [-0.3, -0.25) is 33.8 Å². The number of aromatic nitrogens is 1. The molecule has 1 aliphatic carbocycles. The van der Waals surface area contributed by atoms with E-state index in [1.54, 1.807) is 62.6 Å². The number of hydrogen-bond acceptors (Lipinski definition) is 18. The average Bonchev–Trinajstić information content (AvgIpc) is 0.745. The van der Waals surface area contributed by atoms with E-state index in [0.717, 1.165) is 54.9 Å². The zero-order valence-corrected chi connectivity index (χ0v) is 79.5. The molecule has 0 bridgehead atoms. The van der Waals surface area contributed by atoms with Gasteiger partial charge in [0.25, 0.3) is 0 Å². The summed E-state index contributed by atoms with van der Waals surface area (Å²) < 4.78 is 74.5. The molecule has 1 heterocycles. The first-order valence-electron chi connectivity index (χ1n) is 45.0. The van der Waals surface area contributed by atoms with E-state index in [4.69, 9.17) is 38.6 Å². The molecule has 698 valence electrons. The molecule has 7 aromatic rings. The van der Waals surface area contributed by atoms with E-state index in [0.29, 0.717) is 43.3 Å². The Morgan fingerprint density at radius 2 is 0.897 bits per heavy atom. The number of carbonyl (C=O) groups is 6. The third-order valence-electron chi connectivity index (χ3n) is 24.9. The number of rotatable bonds is 39. The number of nitrogens with zero attached hydrogens (tertiary/aromatic N) is 1. The van der Waals surface area contributed by atoms with Crippen molar-refractivity contribution in [1.82, 2.24) is 4.98 Å². The standard InChI is InChI=1S/C25H40O3.C23H29F3O3.C21H32O5.C20H24O3.C16H25NO3/c1-6-22(26)17-28-23(27)24(3,4)18-25(5,7-2)21-15-13-20(14-16-21)19-11-9-8-10-12-19;1-6-22(23(24,25)26,14-20(2,3)19(27)29-15-21(4,5)28)18-12-11-16-9-7-8-10-17(16)13-18;1-6-16(17-10-8-7-9-11-17)14-21(4,19(24)26-13-12-22)15-20(2,3)18(23)25-5;1-4-15(16-8-6-5-7-9-16)14-20(2,3)19(22)23-18-12-10-17(21)11-13-18;1-5-16(4,13-6-8-17-9-7-13)12-15(2,3)14(19)20-11-10-18/h13-16,19,22,26H,6-12,17-18H2,1-5H3;7-13,28H,6,14-15H2,1-5H3;7-11,16,22H,6,12-15H2,1-5H3;5-13,15,21H,4,14H2,1-3H3;6-9,18H,5,10-12H2,1-4H3. The second kappa shape index (κ2) is 49.5. The SMILES string of the molecule is CCC(C)(CC(C)(C)C(=O)OCCO)c1ccncc1.CCC(CC(C)(C)C(=O)OCC(C)(C)O)(c1ccc2ccccc2c1)C(F)(F)F.CCC(CC(C)(C)C(=O)Oc1ccc(O)cc1)c1ccccc1.CCC(CC(C)(CC(C)(C)C(=O)OC)C(=O)OCCO)c1ccccc1.CCC(O)COC(=O)C(C)(C)CC(C)(CC)c1ccc(C2CCCCC2)cc1. The highest BCUT2D eigenvalue weighted by Gasteiger charge is 2.58. The maximum absolute atomic E-state index is 14.4. The number of pyridine rings is 1. The maximum atomic E-state index is 14.4. The lowest BCUT2D eigenvalue weighted by Gasteiger charge is -2.40. The predicted molar refractivity (Wildman–Crippen MR) is 494 cm³/mol. The summed E-state index contributed by atoms with van der Waals surface area (Å²) in [5.74, 6) is -0.446. The number of fused-ring (bicyclic) bond motifs is 1. The van der Waals surface area contributed by atoms with E-state index in [2.05, 4.69) is 95.1 Å². The first kappa shape index (κ1) is 109. The number of aliphatic hydroxyl groups excluding tert-OH is 3. The molecule has 1 fully saturated rings. The maximum Gasteiger partial charge on any atom is 0.398 e. The zero-order chi connectivity index (χ0) is 94.8. The highest BCUT2D eigenvalue weighted by molar-refractivity contribution is 5.84. The van der Waals surface area contributed by atoms with Crippen molar-refractivity contribution in [2.45, 2.75) is 306 Å². The molecule has 0 spiro atoms. The lowest BCUT2D eigenvalue weighted by Crippen LogP contribution is -2.47. The topological polar surface area (TPSA) is 272 Å². The summed E-state index contributed by atoms with van der Waals surface area (Å²) >= 11 is 0. The molecule has 0 saturated heterocycles. The van der Waals surface area contributed by atoms with Gasteiger partial charge in [0.05, 0.1) is 69.9 Å². The first-order chi connectivity index (χ1) is 58.9. The van der Waals surface area contributed by atoms with Crippen LogP contribution < -0.4 is 4.74 Å². The largest absolute Gasteiger partial charge is 0.508 e. The van der Waals surface area contributed by atoms with Crippen LogP contribution in [0.5, 0.6) is 11.5 Å². The van der Waals surface area contributed by atoms with Crippen molar-refractivity contribution in [2.24, 2.45) is 32.5 Å². The quantitative estimate of drug-likeness (QED) is 0.0136. The van der Waals surface area contributed by atoms with Crippen molar-refractivity contribution in [2.75, 3.05) is 46.8 Å². The molecular weight excluding hydrogens is 1600 g/mol. The van der Waals surface area contributed by atoms with Gasteiger partial charge in [0.15, 0.2) is 0 Å². The Morgan fingerprint density at radius 3 is 1.36 bits per heavy atom. The average molecular weight is 1760 g/mol. The van der Waals surface area contributed by atoms with Crippen LogP contribution in [0.3, 0.4) is 0 Å². The van der Waals surface area contributed by atoms with Crippen LogP contribution >= 0.6 is 0 Å². The lowest BCUT2D eigenvalue weighted by molar-refractivity contribution is -0.204. The second-order valence-corrected chi connectivity index (χ2v) is 38.8. The number of phenols is 1. The number of hydrogen-bond donors (Lipinski definition) is 5. The Balaban J connectivity index is 0.000000332. The minimum absolute atomic E-state index is 0.0464. The molecule has 1 saturated carbocycles. The van der Waals surface area contributed by atoms with Crippen LogP contribution in [0.25, 0.3) is 10.8 Å². The monoisotopic (exact) mass is 1750 g/mol. The molecule has 5 N–H and O–H groups in total. The Hall–Kier alpha value is -9.02. The summed E-state index contributed by atoms with van der Waals surface area (Å²) in [4.78, 5) is 78.8. The van der Waals surface area contributed by atoms with Crippen molar-refractivity contribution in [3.05, 3.63) is 210 Å². The number of halogens is 3. The summed E-state index contributed by atoms with van der Waals surface area (Å²) in [6.07, 6.45) is 11.8. The van der Waals surface area contributed by atoms with E-state index < -0.39 is 74.1 Å². The molecule has 0 amide bonds. The van der Waals surface area contributed by atoms with Crippen LogP contribution in [-0.2, 0) is 68.7 Å². The van der Waals surface area contributed by atoms with Crippen LogP contribution in [0.1, 0.15) is 306 Å². The van der Waals surface area contributed by atoms with Gasteiger partial charge in [0, 0.05) is 12.4 Å². The normalized spacial score (nSPS) is 15.5. The Labute approximate surface area is 750 Å². The van der Waals surface area contributed by atoms with Gasteiger partial charge in [-0.1, -0.05) is 202 Å². The van der Waals surface area contributed by atoms with Crippen molar-refractivity contribution < 1.29 is 95.9 Å². The van der Waals surface area contributed by atoms with Crippen LogP contribution in [-0.4, -0.2) is 131 Å². The fraction of sp³-hybridized carbons (Fsp3) is 0.571. The first-order valence-corrected chi connectivity index (χ1v) is 45.0. The van der Waals surface area contributed by atoms with Gasteiger partial charge in [-0.15, -0.1) is 0 Å². The van der Waals surface area contributed by atoms with E-state index in [1.165, 1.54) is 114 Å². The minimum Gasteiger partial charge on any atom is -0.508 e. The minimum atomic E-state index is -4.56. The smallest absolute Gasteiger partial charge is 0.398 e. The van der Waals surface area contributed by atoms with Gasteiger partial charge in [0.1, 0.15) is 37.9 Å². The number of phenolic OH excluding ortho intramolecular Hbond substituents is 1. The molecule has 0 aliphatic heterocycles. The molecule has 7 unspecified atom stereocenters. The molecule has 1 aliphatic rings. The molecule has 18 nitrogen and oxygen atoms in total. The molecule has 8 rings (SSSR count). The van der Waals surface area contributed by atoms with Crippen LogP contribution in [0.15, 0.2) is 176 Å². The van der Waals surface area contributed by atoms with E-state index >= 15 is 0 Å². The van der Waals surface area contributed by atoms with Crippen molar-refractivity contribution >= 4 is 46.6 Å². The lowest BCUT2D eigenvalue weighted by atomic mass is 9.66. The van der Waals surface area contributed by atoms with Gasteiger partial charge in [-0.25, -0.2) is 0 Å². The van der Waals surface area contributed by atoms with E-state index in [-0.39, 0.29) is 98.0 Å². The van der Waals surface area contributed by atoms with Gasteiger partial charge in [-0.2, -0.15) is 13.2 Å². The van der Waals surface area contributed by atoms with E-state index in [9.17, 15) is 57.3 Å². The molecule has 0 radical (unpaired) electrons. The summed E-state index contributed by atoms with van der Waals surface area (Å²) in [5.41, 5.74) is -2.04. The Kier molecular flexibility index (Phi) is 43.0. The Morgan fingerprint density at radius 1 is 0.452 bits per heavy atom. The number of esters is 6. The molecule has 126 heavy (non-hydrogen) atoms. The van der Waals surface area contributed by atoms with E-state index in [1.807, 2.05) is 116 Å². The third kappa shape index (κ3) is 33.2. The summed E-state index contributed by atoms with van der Waals surface area (Å²) in [6.45, 7) is 38.5. The number of alkyl halides is 3. The molecule has 21 heteroatoms. The molecular formula is C105H150F3NO17. The third-order valence-corrected chi connectivity index (χ3v) is 24.9. The van der Waals surface area contributed by atoms with Crippen molar-refractivity contribution in [3.8, 4) is 11.5 Å². The van der Waals surface area contributed by atoms with Crippen LogP contribution in [0.4, 0.5) is 13.2 Å². The summed E-state index contributed by atoms with van der Waals surface area (Å²) in [6, 6.07) is 51.7.